The molecule has 2 fully saturated rings. The summed E-state index contributed by atoms with van der Waals surface area (Å²) in [7, 11) is 0. The molecular weight excluding hydrogens is 513 g/mol. The number of halogens is 1. The predicted molar refractivity (Wildman–Crippen MR) is 135 cm³/mol. The molecule has 2 saturated carbocycles. The van der Waals surface area contributed by atoms with E-state index in [-0.39, 0.29) is 38.1 Å². The molecule has 0 spiro atoms. The molecule has 0 amide bonds. The van der Waals surface area contributed by atoms with Crippen LogP contribution in [-0.2, 0) is 24.0 Å². The van der Waals surface area contributed by atoms with Gasteiger partial charge in [0, 0.05) is 35.5 Å². The van der Waals surface area contributed by atoms with E-state index < -0.39 is 69.4 Å². The van der Waals surface area contributed by atoms with E-state index in [1.165, 1.54) is 6.08 Å². The summed E-state index contributed by atoms with van der Waals surface area (Å²) in [6.07, 6.45) is 5.03. The second-order valence-corrected chi connectivity index (χ2v) is 12.1. The van der Waals surface area contributed by atoms with E-state index in [4.69, 9.17) is 4.74 Å². The van der Waals surface area contributed by atoms with Gasteiger partial charge in [0.15, 0.2) is 17.1 Å². The summed E-state index contributed by atoms with van der Waals surface area (Å²) < 4.78 is 23.4. The molecule has 8 atom stereocenters. The maximum Gasteiger partial charge on any atom is 0.306 e. The van der Waals surface area contributed by atoms with Crippen LogP contribution in [0.4, 0.5) is 4.39 Å². The van der Waals surface area contributed by atoms with Crippen molar-refractivity contribution < 1.29 is 43.6 Å². The largest absolute Gasteiger partial charge is 0.450 e. The molecule has 216 valence electrons. The number of hydrogen-bond acceptors (Lipinski definition) is 9. The van der Waals surface area contributed by atoms with Gasteiger partial charge < -0.3 is 19.8 Å². The third kappa shape index (κ3) is 4.32. The minimum Gasteiger partial charge on any atom is -0.450 e. The summed E-state index contributed by atoms with van der Waals surface area (Å²) in [5.74, 6) is -3.12. The van der Waals surface area contributed by atoms with Gasteiger partial charge in [-0.05, 0) is 51.0 Å². The van der Waals surface area contributed by atoms with Gasteiger partial charge in [0.05, 0.1) is 12.7 Å². The van der Waals surface area contributed by atoms with Gasteiger partial charge in [-0.2, -0.15) is 0 Å². The highest BCUT2D eigenvalue weighted by Crippen LogP contribution is 2.71. The number of ketones is 2. The molecule has 0 aromatic heterocycles. The minimum absolute atomic E-state index is 0.0472. The first kappa shape index (κ1) is 29.3. The van der Waals surface area contributed by atoms with Gasteiger partial charge in [-0.15, -0.1) is 10.1 Å². The van der Waals surface area contributed by atoms with Crippen LogP contribution in [0.5, 0.6) is 0 Å². The highest BCUT2D eigenvalue weighted by Gasteiger charge is 2.76. The van der Waals surface area contributed by atoms with Crippen LogP contribution in [-0.4, -0.2) is 63.4 Å². The van der Waals surface area contributed by atoms with Gasteiger partial charge in [0.25, 0.3) is 5.09 Å². The molecule has 4 aliphatic rings. The van der Waals surface area contributed by atoms with Crippen molar-refractivity contribution in [2.45, 2.75) is 89.5 Å². The van der Waals surface area contributed by atoms with E-state index in [2.05, 4.69) is 4.84 Å². The molecule has 4 rings (SSSR count). The monoisotopic (exact) mass is 551 g/mol. The van der Waals surface area contributed by atoms with Crippen LogP contribution in [0.2, 0.25) is 0 Å². The van der Waals surface area contributed by atoms with Gasteiger partial charge in [-0.1, -0.05) is 38.0 Å². The number of hydrogen-bond donors (Lipinski definition) is 2. The maximum absolute atomic E-state index is 17.4. The average Bonchev–Trinajstić information content (AvgIpc) is 3.08. The van der Waals surface area contributed by atoms with Crippen molar-refractivity contribution in [2.24, 2.45) is 28.6 Å². The maximum atomic E-state index is 17.4. The van der Waals surface area contributed by atoms with E-state index >= 15 is 4.39 Å². The molecule has 0 aliphatic heterocycles. The summed E-state index contributed by atoms with van der Waals surface area (Å²) in [6.45, 7) is 4.26. The zero-order valence-electron chi connectivity index (χ0n) is 22.7. The summed E-state index contributed by atoms with van der Waals surface area (Å²) in [4.78, 5) is 53.1. The number of esters is 1. The molecular formula is C28H38FNO9. The number of nitrogens with zero attached hydrogens (tertiary/aromatic N) is 1. The Balaban J connectivity index is 1.62. The van der Waals surface area contributed by atoms with Crippen molar-refractivity contribution in [3.63, 3.8) is 0 Å². The lowest BCUT2D eigenvalue weighted by atomic mass is 9.45. The number of carbonyl (C=O) groups excluding carboxylic acids is 3. The summed E-state index contributed by atoms with van der Waals surface area (Å²) >= 11 is 0. The molecule has 0 heterocycles. The minimum atomic E-state index is -2.09. The van der Waals surface area contributed by atoms with E-state index in [0.29, 0.717) is 31.3 Å². The zero-order valence-corrected chi connectivity index (χ0v) is 22.7. The molecule has 0 aromatic rings. The first-order valence-corrected chi connectivity index (χ1v) is 13.7. The van der Waals surface area contributed by atoms with Crippen LogP contribution in [0.25, 0.3) is 0 Å². The van der Waals surface area contributed by atoms with Gasteiger partial charge in [0.1, 0.15) is 6.61 Å². The molecule has 2 unspecified atom stereocenters. The van der Waals surface area contributed by atoms with Gasteiger partial charge in [-0.25, -0.2) is 4.39 Å². The lowest BCUT2D eigenvalue weighted by Gasteiger charge is -2.62. The molecule has 11 heteroatoms. The van der Waals surface area contributed by atoms with Crippen molar-refractivity contribution in [1.82, 2.24) is 0 Å². The molecule has 4 aliphatic carbocycles. The Morgan fingerprint density at radius 1 is 1.23 bits per heavy atom. The van der Waals surface area contributed by atoms with Crippen molar-refractivity contribution in [1.29, 1.82) is 0 Å². The quantitative estimate of drug-likeness (QED) is 0.137. The van der Waals surface area contributed by atoms with E-state index in [1.807, 2.05) is 6.08 Å². The van der Waals surface area contributed by atoms with Crippen LogP contribution in [0.15, 0.2) is 23.8 Å². The number of aliphatic hydroxyl groups excluding tert-OH is 2. The number of rotatable bonds is 10. The van der Waals surface area contributed by atoms with E-state index in [0.717, 1.165) is 0 Å². The smallest absolute Gasteiger partial charge is 0.306 e. The normalized spacial score (nSPS) is 40.7. The van der Waals surface area contributed by atoms with Crippen molar-refractivity contribution in [3.8, 4) is 0 Å². The van der Waals surface area contributed by atoms with E-state index in [9.17, 15) is 34.7 Å². The molecule has 10 nitrogen and oxygen atoms in total. The van der Waals surface area contributed by atoms with Crippen LogP contribution in [0.3, 0.4) is 0 Å². The second-order valence-electron chi connectivity index (χ2n) is 12.1. The number of unbranched alkanes of at least 4 members (excludes halogenated alkanes) is 2. The summed E-state index contributed by atoms with van der Waals surface area (Å²) in [6, 6.07) is 0. The van der Waals surface area contributed by atoms with Gasteiger partial charge in [0.2, 0.25) is 5.78 Å². The third-order valence-corrected chi connectivity index (χ3v) is 10.2. The number of Topliss-reactive ketones (excluding diaryl/α,β-unsaturated/α-hetero) is 1. The number of carbonyl (C=O) groups is 3. The van der Waals surface area contributed by atoms with Crippen molar-refractivity contribution >= 4 is 17.5 Å². The fourth-order valence-corrected chi connectivity index (χ4v) is 8.34. The Morgan fingerprint density at radius 2 is 1.95 bits per heavy atom. The summed E-state index contributed by atoms with van der Waals surface area (Å²) in [5.41, 5.74) is -5.52. The average molecular weight is 552 g/mol. The highest BCUT2D eigenvalue weighted by molar-refractivity contribution is 5.94. The molecule has 0 saturated heterocycles. The topological polar surface area (TPSA) is 153 Å². The highest BCUT2D eigenvalue weighted by atomic mass is 19.1. The number of alkyl halides is 1. The fourth-order valence-electron chi connectivity index (χ4n) is 8.34. The van der Waals surface area contributed by atoms with Gasteiger partial charge >= 0.3 is 5.97 Å². The van der Waals surface area contributed by atoms with Crippen LogP contribution in [0.1, 0.15) is 72.1 Å². The third-order valence-electron chi connectivity index (χ3n) is 10.2. The van der Waals surface area contributed by atoms with E-state index in [1.54, 1.807) is 26.8 Å². The zero-order chi connectivity index (χ0) is 28.8. The van der Waals surface area contributed by atoms with Crippen LogP contribution < -0.4 is 0 Å². The number of allylic oxidation sites excluding steroid dienone is 4. The number of aliphatic hydroxyl groups is 2. The number of ether oxygens (including phenoxy) is 1. The predicted octanol–water partition coefficient (Wildman–Crippen LogP) is 3.22. The Morgan fingerprint density at radius 3 is 2.62 bits per heavy atom. The number of fused-ring (bicyclic) bond motifs is 5. The lowest BCUT2D eigenvalue weighted by Crippen LogP contribution is -2.69. The SMILES string of the molecule is C[C@@H]1CC2C3CC=C4CC(=O)C=C[C@]4(C)[C@@]3(F)[C@@H](O)C[C@]2(C)[C@@]1(OC(=O)CCCCCO[N+](=O)[O-])C(=O)CO. The van der Waals surface area contributed by atoms with Gasteiger partial charge in [-0.3, -0.25) is 14.4 Å². The first-order valence-electron chi connectivity index (χ1n) is 13.7. The van der Waals surface area contributed by atoms with Crippen molar-refractivity contribution in [2.75, 3.05) is 13.2 Å². The Hall–Kier alpha value is -2.66. The van der Waals surface area contributed by atoms with Crippen LogP contribution in [0, 0.1) is 38.7 Å². The van der Waals surface area contributed by atoms with Crippen molar-refractivity contribution in [3.05, 3.63) is 33.9 Å². The molecule has 0 radical (unpaired) electrons. The summed E-state index contributed by atoms with van der Waals surface area (Å²) in [5, 5.41) is 30.9. The fraction of sp³-hybridized carbons (Fsp3) is 0.750. The van der Waals surface area contributed by atoms with Crippen LogP contribution >= 0.6 is 0 Å². The molecule has 39 heavy (non-hydrogen) atoms. The Kier molecular flexibility index (Phi) is 7.81. The molecule has 2 N–H and O–H groups in total. The first-order chi connectivity index (χ1) is 18.3. The standard InChI is InChI=1S/C28H38FNO9/c1-17-13-21-20-9-8-18-14-19(32)10-11-25(18,2)27(20,29)22(33)15-26(21,3)28(17,23(34)16-31)39-24(35)7-5-4-6-12-38-30(36)37/h8,10-11,17,20-22,31,33H,4-7,9,12-16H2,1-3H3/t17-,20?,21?,22+,25+,26+,27+,28+/m1/s1. The second kappa shape index (κ2) is 10.4. The molecule has 0 bridgehead atoms. The lowest BCUT2D eigenvalue weighted by molar-refractivity contribution is -0.757. The Labute approximate surface area is 226 Å². The Bertz CT molecular complexity index is 1110. The molecule has 0 aromatic carbocycles.